The highest BCUT2D eigenvalue weighted by Crippen LogP contribution is 2.34. The van der Waals surface area contributed by atoms with Crippen molar-refractivity contribution < 1.29 is 4.74 Å². The van der Waals surface area contributed by atoms with Crippen LogP contribution in [-0.4, -0.2) is 29.6 Å². The summed E-state index contributed by atoms with van der Waals surface area (Å²) in [6.07, 6.45) is 9.00. The summed E-state index contributed by atoms with van der Waals surface area (Å²) in [6.45, 7) is 7.11. The Bertz CT molecular complexity index is 285. The third-order valence-electron chi connectivity index (χ3n) is 3.78. The maximum absolute atomic E-state index is 8.24. The zero-order valence-corrected chi connectivity index (χ0v) is 12.2. The number of amidine groups is 1. The van der Waals surface area contributed by atoms with Crippen LogP contribution < -0.4 is 0 Å². The van der Waals surface area contributed by atoms with E-state index >= 15 is 0 Å². The van der Waals surface area contributed by atoms with Crippen molar-refractivity contribution in [2.45, 2.75) is 77.8 Å². The number of nitrogens with zero attached hydrogens (tertiary/aromatic N) is 1. The van der Waals surface area contributed by atoms with Crippen molar-refractivity contribution in [3.63, 3.8) is 0 Å². The first kappa shape index (κ1) is 13.7. The highest BCUT2D eigenvalue weighted by atomic mass is 16.5. The molecule has 2 aliphatic rings. The van der Waals surface area contributed by atoms with Crippen LogP contribution in [-0.2, 0) is 4.74 Å². The second-order valence-electron chi connectivity index (χ2n) is 7.08. The van der Waals surface area contributed by atoms with Gasteiger partial charge in [-0.1, -0.05) is 40.0 Å². The summed E-state index contributed by atoms with van der Waals surface area (Å²) < 4.78 is 5.73. The molecule has 0 aliphatic heterocycles. The van der Waals surface area contributed by atoms with Gasteiger partial charge in [0.05, 0.1) is 6.61 Å². The van der Waals surface area contributed by atoms with Crippen molar-refractivity contribution in [2.75, 3.05) is 6.61 Å². The summed E-state index contributed by atoms with van der Waals surface area (Å²) in [5.74, 6) is 0. The van der Waals surface area contributed by atoms with Gasteiger partial charge in [0.2, 0.25) is 0 Å². The third-order valence-corrected chi connectivity index (χ3v) is 3.78. The monoisotopic (exact) mass is 252 g/mol. The molecule has 18 heavy (non-hydrogen) atoms. The van der Waals surface area contributed by atoms with Crippen LogP contribution in [0, 0.1) is 10.8 Å². The van der Waals surface area contributed by atoms with Crippen LogP contribution in [0.3, 0.4) is 0 Å². The molecule has 2 rings (SSSR count). The van der Waals surface area contributed by atoms with Gasteiger partial charge in [0.15, 0.2) is 0 Å². The average molecular weight is 252 g/mol. The smallest absolute Gasteiger partial charge is 0.284 e. The number of ether oxygens (including phenoxy) is 1. The van der Waals surface area contributed by atoms with Crippen LogP contribution in [0.25, 0.3) is 0 Å². The third kappa shape index (κ3) is 3.89. The summed E-state index contributed by atoms with van der Waals surface area (Å²) in [5.41, 5.74) is 0.133. The van der Waals surface area contributed by atoms with E-state index in [0.29, 0.717) is 24.7 Å². The molecular weight excluding hydrogens is 224 g/mol. The topological polar surface area (TPSA) is 36.3 Å². The van der Waals surface area contributed by atoms with Crippen molar-refractivity contribution >= 4 is 6.02 Å². The fourth-order valence-electron chi connectivity index (χ4n) is 2.70. The first-order valence-corrected chi connectivity index (χ1v) is 7.47. The maximum atomic E-state index is 8.24. The van der Waals surface area contributed by atoms with E-state index in [2.05, 4.69) is 25.7 Å². The Hall–Kier alpha value is -0.730. The number of hydrogen-bond acceptors (Lipinski definition) is 2. The van der Waals surface area contributed by atoms with Gasteiger partial charge in [-0.3, -0.25) is 5.41 Å². The highest BCUT2D eigenvalue weighted by Gasteiger charge is 2.37. The Morgan fingerprint density at radius 1 is 1.06 bits per heavy atom. The molecule has 0 saturated heterocycles. The van der Waals surface area contributed by atoms with E-state index in [-0.39, 0.29) is 5.41 Å². The Balaban J connectivity index is 1.90. The minimum absolute atomic E-state index is 0.133. The van der Waals surface area contributed by atoms with Crippen LogP contribution in [0.2, 0.25) is 0 Å². The zero-order chi connectivity index (χ0) is 13.2. The van der Waals surface area contributed by atoms with E-state index in [9.17, 15) is 0 Å². The predicted octanol–water partition coefficient (Wildman–Crippen LogP) is 3.78. The van der Waals surface area contributed by atoms with E-state index in [0.717, 1.165) is 0 Å². The molecule has 104 valence electrons. The fourth-order valence-corrected chi connectivity index (χ4v) is 2.70. The predicted molar refractivity (Wildman–Crippen MR) is 74.9 cm³/mol. The SMILES string of the molecule is CC(C)(C)COC(=N)N(C1CCCCC1)C1CC1. The number of nitrogens with one attached hydrogen (secondary N) is 1. The van der Waals surface area contributed by atoms with Gasteiger partial charge in [-0.05, 0) is 31.1 Å². The van der Waals surface area contributed by atoms with E-state index in [1.165, 1.54) is 44.9 Å². The second-order valence-corrected chi connectivity index (χ2v) is 7.08. The summed E-state index contributed by atoms with van der Waals surface area (Å²) in [7, 11) is 0. The van der Waals surface area contributed by atoms with Crippen molar-refractivity contribution in [1.82, 2.24) is 4.90 Å². The maximum Gasteiger partial charge on any atom is 0.284 e. The highest BCUT2D eigenvalue weighted by molar-refractivity contribution is 5.71. The zero-order valence-electron chi connectivity index (χ0n) is 12.2. The number of rotatable bonds is 3. The van der Waals surface area contributed by atoms with Crippen LogP contribution in [0.1, 0.15) is 65.7 Å². The van der Waals surface area contributed by atoms with Gasteiger partial charge in [0.1, 0.15) is 0 Å². The largest absolute Gasteiger partial charge is 0.465 e. The Kier molecular flexibility index (Phi) is 4.18. The fraction of sp³-hybridized carbons (Fsp3) is 0.933. The first-order valence-electron chi connectivity index (χ1n) is 7.47. The van der Waals surface area contributed by atoms with Crippen LogP contribution in [0.15, 0.2) is 0 Å². The van der Waals surface area contributed by atoms with Crippen molar-refractivity contribution in [2.24, 2.45) is 5.41 Å². The van der Waals surface area contributed by atoms with E-state index in [1.54, 1.807) is 0 Å². The van der Waals surface area contributed by atoms with Crippen molar-refractivity contribution in [3.8, 4) is 0 Å². The molecule has 0 amide bonds. The van der Waals surface area contributed by atoms with E-state index < -0.39 is 0 Å². The van der Waals surface area contributed by atoms with Gasteiger partial charge in [-0.25, -0.2) is 0 Å². The van der Waals surface area contributed by atoms with Gasteiger partial charge >= 0.3 is 0 Å². The molecule has 3 nitrogen and oxygen atoms in total. The van der Waals surface area contributed by atoms with Crippen molar-refractivity contribution in [1.29, 1.82) is 5.41 Å². The molecule has 0 aromatic carbocycles. The molecule has 0 bridgehead atoms. The molecule has 1 N–H and O–H groups in total. The van der Waals surface area contributed by atoms with Gasteiger partial charge in [-0.15, -0.1) is 0 Å². The summed E-state index contributed by atoms with van der Waals surface area (Å²) in [4.78, 5) is 2.28. The molecule has 2 fully saturated rings. The van der Waals surface area contributed by atoms with E-state index in [1.807, 2.05) is 0 Å². The molecule has 0 heterocycles. The minimum Gasteiger partial charge on any atom is -0.465 e. The second kappa shape index (κ2) is 5.50. The molecule has 0 atom stereocenters. The molecule has 0 aromatic heterocycles. The lowest BCUT2D eigenvalue weighted by molar-refractivity contribution is 0.122. The van der Waals surface area contributed by atoms with Gasteiger partial charge in [-0.2, -0.15) is 0 Å². The lowest BCUT2D eigenvalue weighted by Crippen LogP contribution is -2.44. The number of hydrogen-bond donors (Lipinski definition) is 1. The van der Waals surface area contributed by atoms with E-state index in [4.69, 9.17) is 10.1 Å². The molecule has 0 aromatic rings. The van der Waals surface area contributed by atoms with Crippen LogP contribution in [0.4, 0.5) is 0 Å². The Morgan fingerprint density at radius 2 is 1.61 bits per heavy atom. The molecule has 0 spiro atoms. The summed E-state index contributed by atoms with van der Waals surface area (Å²) in [6, 6.07) is 1.60. The quantitative estimate of drug-likeness (QED) is 0.613. The molecule has 0 unspecified atom stereocenters. The van der Waals surface area contributed by atoms with Crippen LogP contribution >= 0.6 is 0 Å². The standard InChI is InChI=1S/C15H28N2O/c1-15(2,3)11-18-14(16)17(13-9-10-13)12-7-5-4-6-8-12/h12-13,16H,4-11H2,1-3H3. The Morgan fingerprint density at radius 3 is 2.11 bits per heavy atom. The molecule has 3 heteroatoms. The molecule has 0 radical (unpaired) electrons. The normalized spacial score (nSPS) is 21.7. The molecular formula is C15H28N2O. The van der Waals surface area contributed by atoms with Gasteiger partial charge in [0, 0.05) is 12.1 Å². The molecule has 2 saturated carbocycles. The summed E-state index contributed by atoms with van der Waals surface area (Å²) in [5, 5.41) is 8.24. The van der Waals surface area contributed by atoms with Gasteiger partial charge < -0.3 is 9.64 Å². The van der Waals surface area contributed by atoms with Crippen LogP contribution in [0.5, 0.6) is 0 Å². The minimum atomic E-state index is 0.133. The first-order chi connectivity index (χ1) is 8.47. The Labute approximate surface area is 111 Å². The summed E-state index contributed by atoms with van der Waals surface area (Å²) >= 11 is 0. The lowest BCUT2D eigenvalue weighted by Gasteiger charge is -2.36. The average Bonchev–Trinajstić information content (AvgIpc) is 3.12. The van der Waals surface area contributed by atoms with Crippen molar-refractivity contribution in [3.05, 3.63) is 0 Å². The van der Waals surface area contributed by atoms with Gasteiger partial charge in [0.25, 0.3) is 6.02 Å². The molecule has 2 aliphatic carbocycles. The lowest BCUT2D eigenvalue weighted by atomic mass is 9.94.